The summed E-state index contributed by atoms with van der Waals surface area (Å²) in [5.41, 5.74) is 12.3. The summed E-state index contributed by atoms with van der Waals surface area (Å²) in [6.45, 7) is 8.23. The van der Waals surface area contributed by atoms with Gasteiger partial charge in [0.25, 0.3) is 0 Å². The molecule has 3 rings (SSSR count). The van der Waals surface area contributed by atoms with Gasteiger partial charge < -0.3 is 15.6 Å². The molecule has 0 amide bonds. The number of aryl methyl sites for hydroxylation is 1. The first-order chi connectivity index (χ1) is 10.6. The van der Waals surface area contributed by atoms with Crippen molar-refractivity contribution in [2.24, 2.45) is 0 Å². The van der Waals surface area contributed by atoms with E-state index < -0.39 is 0 Å². The van der Waals surface area contributed by atoms with Crippen LogP contribution in [0, 0.1) is 6.92 Å². The van der Waals surface area contributed by atoms with Gasteiger partial charge in [0, 0.05) is 18.7 Å². The number of nitrogen functional groups attached to an aromatic ring is 1. The van der Waals surface area contributed by atoms with Gasteiger partial charge in [0.15, 0.2) is 0 Å². The number of benzene rings is 2. The van der Waals surface area contributed by atoms with Crippen molar-refractivity contribution in [2.45, 2.75) is 20.8 Å². The summed E-state index contributed by atoms with van der Waals surface area (Å²) in [6.07, 6.45) is 0. The SMILES string of the molecule is CCN(CC)c1cc2[nH]c(-c3ccc(C)cc3)nc2cc1N. The van der Waals surface area contributed by atoms with Crippen LogP contribution >= 0.6 is 0 Å². The molecular weight excluding hydrogens is 272 g/mol. The molecule has 4 heteroatoms. The van der Waals surface area contributed by atoms with Crippen LogP contribution in [0.5, 0.6) is 0 Å². The summed E-state index contributed by atoms with van der Waals surface area (Å²) >= 11 is 0. The third-order valence-corrected chi connectivity index (χ3v) is 4.06. The van der Waals surface area contributed by atoms with Crippen LogP contribution in [-0.4, -0.2) is 23.1 Å². The molecule has 0 fully saturated rings. The van der Waals surface area contributed by atoms with Gasteiger partial charge in [-0.2, -0.15) is 0 Å². The molecule has 0 atom stereocenters. The lowest BCUT2D eigenvalue weighted by atomic mass is 10.1. The van der Waals surface area contributed by atoms with E-state index in [9.17, 15) is 0 Å². The van der Waals surface area contributed by atoms with Crippen LogP contribution in [-0.2, 0) is 0 Å². The van der Waals surface area contributed by atoms with Gasteiger partial charge in [0.1, 0.15) is 5.82 Å². The van der Waals surface area contributed by atoms with Gasteiger partial charge in [-0.15, -0.1) is 0 Å². The van der Waals surface area contributed by atoms with Gasteiger partial charge >= 0.3 is 0 Å². The van der Waals surface area contributed by atoms with Crippen molar-refractivity contribution in [2.75, 3.05) is 23.7 Å². The maximum absolute atomic E-state index is 6.21. The Bertz CT molecular complexity index is 783. The number of hydrogen-bond donors (Lipinski definition) is 2. The molecule has 0 spiro atoms. The number of nitrogens with two attached hydrogens (primary N) is 1. The van der Waals surface area contributed by atoms with E-state index in [4.69, 9.17) is 5.73 Å². The summed E-state index contributed by atoms with van der Waals surface area (Å²) in [5.74, 6) is 0.881. The molecule has 3 N–H and O–H groups in total. The third kappa shape index (κ3) is 2.52. The van der Waals surface area contributed by atoms with E-state index in [-0.39, 0.29) is 0 Å². The largest absolute Gasteiger partial charge is 0.397 e. The zero-order chi connectivity index (χ0) is 15.7. The fraction of sp³-hybridized carbons (Fsp3) is 0.278. The fourth-order valence-corrected chi connectivity index (χ4v) is 2.75. The predicted molar refractivity (Wildman–Crippen MR) is 94.2 cm³/mol. The van der Waals surface area contributed by atoms with E-state index in [0.29, 0.717) is 0 Å². The lowest BCUT2D eigenvalue weighted by Crippen LogP contribution is -2.22. The first-order valence-corrected chi connectivity index (χ1v) is 7.73. The maximum atomic E-state index is 6.21. The highest BCUT2D eigenvalue weighted by Crippen LogP contribution is 2.30. The topological polar surface area (TPSA) is 57.9 Å². The Balaban J connectivity index is 2.08. The Morgan fingerprint density at radius 1 is 1.09 bits per heavy atom. The highest BCUT2D eigenvalue weighted by molar-refractivity contribution is 5.89. The molecule has 0 unspecified atom stereocenters. The molecule has 0 aliphatic heterocycles. The van der Waals surface area contributed by atoms with Gasteiger partial charge in [0.05, 0.1) is 22.4 Å². The van der Waals surface area contributed by atoms with Crippen molar-refractivity contribution in [3.05, 3.63) is 42.0 Å². The summed E-state index contributed by atoms with van der Waals surface area (Å²) in [4.78, 5) is 10.3. The molecule has 0 saturated heterocycles. The molecule has 1 aromatic heterocycles. The summed E-state index contributed by atoms with van der Waals surface area (Å²) < 4.78 is 0. The second-order valence-electron chi connectivity index (χ2n) is 5.55. The number of aromatic nitrogens is 2. The van der Waals surface area contributed by atoms with Gasteiger partial charge in [-0.1, -0.05) is 29.8 Å². The Morgan fingerprint density at radius 2 is 1.77 bits per heavy atom. The van der Waals surface area contributed by atoms with Gasteiger partial charge in [-0.3, -0.25) is 0 Å². The Kier molecular flexibility index (Phi) is 3.75. The number of rotatable bonds is 4. The van der Waals surface area contributed by atoms with Crippen molar-refractivity contribution in [3.8, 4) is 11.4 Å². The summed E-state index contributed by atoms with van der Waals surface area (Å²) in [5, 5.41) is 0. The van der Waals surface area contributed by atoms with Crippen LogP contribution in [0.1, 0.15) is 19.4 Å². The zero-order valence-corrected chi connectivity index (χ0v) is 13.4. The van der Waals surface area contributed by atoms with Gasteiger partial charge in [0.2, 0.25) is 0 Å². The Morgan fingerprint density at radius 3 is 2.41 bits per heavy atom. The Labute approximate surface area is 131 Å². The van der Waals surface area contributed by atoms with E-state index in [0.717, 1.165) is 46.9 Å². The van der Waals surface area contributed by atoms with E-state index in [1.807, 2.05) is 6.07 Å². The Hall–Kier alpha value is -2.49. The van der Waals surface area contributed by atoms with Crippen LogP contribution < -0.4 is 10.6 Å². The number of fused-ring (bicyclic) bond motifs is 1. The van der Waals surface area contributed by atoms with Crippen molar-refractivity contribution in [1.82, 2.24) is 9.97 Å². The van der Waals surface area contributed by atoms with Crippen molar-refractivity contribution < 1.29 is 0 Å². The number of imidazole rings is 1. The quantitative estimate of drug-likeness (QED) is 0.716. The van der Waals surface area contributed by atoms with E-state index >= 15 is 0 Å². The van der Waals surface area contributed by atoms with Crippen LogP contribution in [0.3, 0.4) is 0 Å². The number of aromatic amines is 1. The molecule has 0 aliphatic carbocycles. The summed E-state index contributed by atoms with van der Waals surface area (Å²) in [6, 6.07) is 12.4. The smallest absolute Gasteiger partial charge is 0.138 e. The average molecular weight is 294 g/mol. The lowest BCUT2D eigenvalue weighted by Gasteiger charge is -2.22. The number of nitrogens with zero attached hydrogens (tertiary/aromatic N) is 2. The highest BCUT2D eigenvalue weighted by atomic mass is 15.1. The molecule has 0 radical (unpaired) electrons. The van der Waals surface area contributed by atoms with Crippen molar-refractivity contribution in [3.63, 3.8) is 0 Å². The summed E-state index contributed by atoms with van der Waals surface area (Å²) in [7, 11) is 0. The molecule has 114 valence electrons. The maximum Gasteiger partial charge on any atom is 0.138 e. The van der Waals surface area contributed by atoms with Gasteiger partial charge in [-0.25, -0.2) is 4.98 Å². The highest BCUT2D eigenvalue weighted by Gasteiger charge is 2.11. The number of hydrogen-bond acceptors (Lipinski definition) is 3. The second kappa shape index (κ2) is 5.72. The molecule has 22 heavy (non-hydrogen) atoms. The van der Waals surface area contributed by atoms with Crippen LogP contribution in [0.25, 0.3) is 22.4 Å². The van der Waals surface area contributed by atoms with Crippen molar-refractivity contribution in [1.29, 1.82) is 0 Å². The molecule has 0 saturated carbocycles. The van der Waals surface area contributed by atoms with Gasteiger partial charge in [-0.05, 0) is 32.9 Å². The zero-order valence-electron chi connectivity index (χ0n) is 13.4. The first kappa shape index (κ1) is 14.4. The predicted octanol–water partition coefficient (Wildman–Crippen LogP) is 3.97. The van der Waals surface area contributed by atoms with E-state index in [2.05, 4.69) is 66.0 Å². The van der Waals surface area contributed by atoms with Crippen LogP contribution in [0.2, 0.25) is 0 Å². The standard InChI is InChI=1S/C18H22N4/c1-4-22(5-2)17-11-16-15(10-14(17)19)20-18(21-16)13-8-6-12(3)7-9-13/h6-11H,4-5,19H2,1-3H3,(H,20,21). The first-order valence-electron chi connectivity index (χ1n) is 7.73. The lowest BCUT2D eigenvalue weighted by molar-refractivity contribution is 0.868. The third-order valence-electron chi connectivity index (χ3n) is 4.06. The fourth-order valence-electron chi connectivity index (χ4n) is 2.75. The minimum atomic E-state index is 0.776. The molecule has 0 bridgehead atoms. The van der Waals surface area contributed by atoms with E-state index in [1.165, 1.54) is 5.56 Å². The number of anilines is 2. The monoisotopic (exact) mass is 294 g/mol. The molecule has 4 nitrogen and oxygen atoms in total. The average Bonchev–Trinajstić information content (AvgIpc) is 2.92. The molecule has 2 aromatic carbocycles. The van der Waals surface area contributed by atoms with Crippen LogP contribution in [0.15, 0.2) is 36.4 Å². The molecular formula is C18H22N4. The molecule has 1 heterocycles. The number of nitrogens with one attached hydrogen (secondary N) is 1. The van der Waals surface area contributed by atoms with Crippen molar-refractivity contribution >= 4 is 22.4 Å². The molecule has 3 aromatic rings. The van der Waals surface area contributed by atoms with E-state index in [1.54, 1.807) is 0 Å². The minimum absolute atomic E-state index is 0.776. The molecule has 0 aliphatic rings. The minimum Gasteiger partial charge on any atom is -0.397 e. The normalized spacial score (nSPS) is 11.0. The number of H-pyrrole nitrogens is 1. The van der Waals surface area contributed by atoms with Crippen LogP contribution in [0.4, 0.5) is 11.4 Å². The second-order valence-corrected chi connectivity index (χ2v) is 5.55.